The van der Waals surface area contributed by atoms with Gasteiger partial charge in [0, 0.05) is 44.3 Å². The van der Waals surface area contributed by atoms with Crippen LogP contribution in [0.3, 0.4) is 0 Å². The number of hydrogen-bond acceptors (Lipinski definition) is 7. The lowest BCUT2D eigenvalue weighted by Crippen LogP contribution is -2.57. The van der Waals surface area contributed by atoms with Crippen molar-refractivity contribution in [3.05, 3.63) is 56.6 Å². The third-order valence-electron chi connectivity index (χ3n) is 6.72. The third-order valence-corrected chi connectivity index (χ3v) is 7.83. The lowest BCUT2D eigenvalue weighted by Gasteiger charge is -2.48. The molecule has 0 amide bonds. The Balaban J connectivity index is 1.69. The minimum atomic E-state index is -4.68. The molecule has 3 atom stereocenters. The smallest absolute Gasteiger partial charge is 0.416 e. The Morgan fingerprint density at radius 1 is 1.19 bits per heavy atom. The van der Waals surface area contributed by atoms with Crippen LogP contribution in [0.25, 0.3) is 10.3 Å². The SMILES string of the molecule is COC(=O)c1nc2c(N3C[C@@H](C)N(C(C)c4ccc(F)cc4C(F)(F)F)C[C@@H]3C)cc(=O)n(C)c2s1. The molecular formula is C24H26F4N4O3S. The van der Waals surface area contributed by atoms with Crippen molar-refractivity contribution in [2.75, 3.05) is 25.1 Å². The van der Waals surface area contributed by atoms with E-state index in [4.69, 9.17) is 4.74 Å². The topological polar surface area (TPSA) is 67.7 Å². The second-order valence-electron chi connectivity index (χ2n) is 9.04. The maximum atomic E-state index is 13.7. The molecule has 0 radical (unpaired) electrons. The number of carbonyl (C=O) groups excluding carboxylic acids is 1. The zero-order valence-corrected chi connectivity index (χ0v) is 21.2. The van der Waals surface area contributed by atoms with Crippen molar-refractivity contribution in [1.29, 1.82) is 0 Å². The second-order valence-corrected chi connectivity index (χ2v) is 10.0. The summed E-state index contributed by atoms with van der Waals surface area (Å²) in [6, 6.07) is 3.21. The highest BCUT2D eigenvalue weighted by Gasteiger charge is 2.39. The highest BCUT2D eigenvalue weighted by molar-refractivity contribution is 7.20. The largest absolute Gasteiger partial charge is 0.464 e. The van der Waals surface area contributed by atoms with Crippen LogP contribution in [-0.4, -0.2) is 52.7 Å². The average Bonchev–Trinajstić information content (AvgIpc) is 3.27. The van der Waals surface area contributed by atoms with E-state index < -0.39 is 29.6 Å². The predicted molar refractivity (Wildman–Crippen MR) is 129 cm³/mol. The van der Waals surface area contributed by atoms with Crippen molar-refractivity contribution >= 4 is 33.3 Å². The van der Waals surface area contributed by atoms with E-state index in [-0.39, 0.29) is 28.2 Å². The van der Waals surface area contributed by atoms with E-state index >= 15 is 0 Å². The number of anilines is 1. The molecule has 0 bridgehead atoms. The Morgan fingerprint density at radius 3 is 2.53 bits per heavy atom. The van der Waals surface area contributed by atoms with Gasteiger partial charge in [-0.3, -0.25) is 9.69 Å². The zero-order valence-electron chi connectivity index (χ0n) is 20.4. The van der Waals surface area contributed by atoms with Gasteiger partial charge >= 0.3 is 12.1 Å². The molecule has 0 saturated carbocycles. The van der Waals surface area contributed by atoms with Gasteiger partial charge in [-0.15, -0.1) is 0 Å². The fraction of sp³-hybridized carbons (Fsp3) is 0.458. The van der Waals surface area contributed by atoms with Gasteiger partial charge in [-0.05, 0) is 38.5 Å². The summed E-state index contributed by atoms with van der Waals surface area (Å²) in [6.07, 6.45) is -4.68. The number of fused-ring (bicyclic) bond motifs is 1. The summed E-state index contributed by atoms with van der Waals surface area (Å²) < 4.78 is 60.8. The second kappa shape index (κ2) is 9.47. The lowest BCUT2D eigenvalue weighted by molar-refractivity contribution is -0.139. The standard InChI is InChI=1S/C24H26F4N4O3S/c1-12-11-32(18-9-19(33)30(4)22-20(18)29-21(36-22)23(34)35-5)13(2)10-31(12)14(3)16-7-6-15(25)8-17(16)24(26,27)28/h6-9,12-14H,10-11H2,1-5H3/t12-,13+,14?/m1/s1. The number of piperazine rings is 1. The number of aromatic nitrogens is 2. The van der Waals surface area contributed by atoms with Crippen LogP contribution < -0.4 is 10.5 Å². The number of thiazole rings is 1. The van der Waals surface area contributed by atoms with Crippen LogP contribution in [-0.2, 0) is 18.0 Å². The van der Waals surface area contributed by atoms with Gasteiger partial charge in [-0.25, -0.2) is 14.2 Å². The number of methoxy groups -OCH3 is 1. The van der Waals surface area contributed by atoms with Crippen LogP contribution in [0.15, 0.2) is 29.1 Å². The number of esters is 1. The van der Waals surface area contributed by atoms with Crippen molar-refractivity contribution in [2.24, 2.45) is 7.05 Å². The highest BCUT2D eigenvalue weighted by atomic mass is 32.1. The van der Waals surface area contributed by atoms with E-state index in [0.717, 1.165) is 17.4 Å². The van der Waals surface area contributed by atoms with Gasteiger partial charge in [0.2, 0.25) is 5.01 Å². The summed E-state index contributed by atoms with van der Waals surface area (Å²) >= 11 is 1.06. The number of aryl methyl sites for hydroxylation is 1. The fourth-order valence-corrected chi connectivity index (χ4v) is 5.79. The Morgan fingerprint density at radius 2 is 1.89 bits per heavy atom. The number of benzene rings is 1. The number of rotatable bonds is 4. The molecule has 0 aliphatic carbocycles. The maximum Gasteiger partial charge on any atom is 0.416 e. The zero-order chi connectivity index (χ0) is 26.5. The van der Waals surface area contributed by atoms with E-state index in [1.165, 1.54) is 23.8 Å². The molecule has 1 aliphatic rings. The number of pyridine rings is 1. The molecule has 2 aromatic heterocycles. The fourth-order valence-electron chi connectivity index (χ4n) is 4.83. The van der Waals surface area contributed by atoms with Crippen molar-refractivity contribution < 1.29 is 27.1 Å². The van der Waals surface area contributed by atoms with E-state index in [9.17, 15) is 27.2 Å². The van der Waals surface area contributed by atoms with Crippen LogP contribution >= 0.6 is 11.3 Å². The first-order chi connectivity index (χ1) is 16.8. The summed E-state index contributed by atoms with van der Waals surface area (Å²) in [7, 11) is 2.85. The first-order valence-corrected chi connectivity index (χ1v) is 12.1. The molecule has 7 nitrogen and oxygen atoms in total. The summed E-state index contributed by atoms with van der Waals surface area (Å²) in [4.78, 5) is 33.7. The summed E-state index contributed by atoms with van der Waals surface area (Å²) in [5.41, 5.74) is -0.197. The van der Waals surface area contributed by atoms with Gasteiger partial charge in [-0.1, -0.05) is 17.4 Å². The molecule has 0 N–H and O–H groups in total. The van der Waals surface area contributed by atoms with E-state index in [0.29, 0.717) is 35.2 Å². The minimum Gasteiger partial charge on any atom is -0.464 e. The molecule has 12 heteroatoms. The summed E-state index contributed by atoms with van der Waals surface area (Å²) in [6.45, 7) is 6.28. The molecule has 36 heavy (non-hydrogen) atoms. The van der Waals surface area contributed by atoms with Gasteiger partial charge < -0.3 is 14.2 Å². The number of ether oxygens (including phenoxy) is 1. The van der Waals surface area contributed by atoms with Gasteiger partial charge in [0.15, 0.2) is 0 Å². The monoisotopic (exact) mass is 526 g/mol. The van der Waals surface area contributed by atoms with Crippen molar-refractivity contribution in [3.8, 4) is 0 Å². The van der Waals surface area contributed by atoms with Crippen LogP contribution in [0.2, 0.25) is 0 Å². The molecule has 3 aromatic rings. The normalized spacial score (nSPS) is 20.1. The molecule has 0 spiro atoms. The molecule has 1 unspecified atom stereocenters. The molecule has 3 heterocycles. The predicted octanol–water partition coefficient (Wildman–Crippen LogP) is 4.60. The highest BCUT2D eigenvalue weighted by Crippen LogP contribution is 2.39. The number of hydrogen-bond donors (Lipinski definition) is 0. The summed E-state index contributed by atoms with van der Waals surface area (Å²) in [5, 5.41) is 0.124. The van der Waals surface area contributed by atoms with Crippen molar-refractivity contribution in [1.82, 2.24) is 14.5 Å². The van der Waals surface area contributed by atoms with Gasteiger partial charge in [0.1, 0.15) is 16.2 Å². The molecule has 1 aliphatic heterocycles. The van der Waals surface area contributed by atoms with Gasteiger partial charge in [0.25, 0.3) is 5.56 Å². The first-order valence-electron chi connectivity index (χ1n) is 11.3. The Bertz CT molecular complexity index is 1370. The van der Waals surface area contributed by atoms with Crippen LogP contribution in [0.5, 0.6) is 0 Å². The van der Waals surface area contributed by atoms with E-state index in [2.05, 4.69) is 4.98 Å². The lowest BCUT2D eigenvalue weighted by atomic mass is 9.96. The van der Waals surface area contributed by atoms with E-state index in [1.807, 2.05) is 23.6 Å². The summed E-state index contributed by atoms with van der Waals surface area (Å²) in [5.74, 6) is -1.54. The van der Waals surface area contributed by atoms with Crippen molar-refractivity contribution in [2.45, 2.75) is 45.1 Å². The Hall–Kier alpha value is -2.99. The van der Waals surface area contributed by atoms with Crippen LogP contribution in [0, 0.1) is 5.82 Å². The molecule has 1 saturated heterocycles. The maximum absolute atomic E-state index is 13.7. The van der Waals surface area contributed by atoms with Gasteiger partial charge in [-0.2, -0.15) is 13.2 Å². The molecular weight excluding hydrogens is 500 g/mol. The average molecular weight is 527 g/mol. The minimum absolute atomic E-state index is 0.00888. The van der Waals surface area contributed by atoms with Gasteiger partial charge in [0.05, 0.1) is 18.4 Å². The van der Waals surface area contributed by atoms with Crippen LogP contribution in [0.1, 0.15) is 47.7 Å². The molecule has 1 fully saturated rings. The molecule has 1 aromatic carbocycles. The quantitative estimate of drug-likeness (QED) is 0.366. The van der Waals surface area contributed by atoms with Crippen molar-refractivity contribution in [3.63, 3.8) is 0 Å². The Labute approximate surface area is 208 Å². The first kappa shape index (κ1) is 26.1. The molecule has 4 rings (SSSR count). The number of carbonyl (C=O) groups is 1. The molecule has 194 valence electrons. The number of halogens is 4. The number of alkyl halides is 3. The van der Waals surface area contributed by atoms with E-state index in [1.54, 1.807) is 14.0 Å². The Kier molecular flexibility index (Phi) is 6.86. The third kappa shape index (κ3) is 4.59. The van der Waals surface area contributed by atoms with Crippen LogP contribution in [0.4, 0.5) is 23.2 Å². The number of nitrogens with zero attached hydrogens (tertiary/aromatic N) is 4.